The summed E-state index contributed by atoms with van der Waals surface area (Å²) in [7, 11) is -1.67. The molecule has 2 aromatic carbocycles. The SMILES string of the molecule is COc1ccc(CC(=O)Nc2ccc(S(=O)(=O)C3CCCC3)cc2)cc1. The number of carbonyl (C=O) groups is 1. The highest BCUT2D eigenvalue weighted by molar-refractivity contribution is 7.92. The second kappa shape index (κ2) is 7.91. The van der Waals surface area contributed by atoms with Crippen molar-refractivity contribution in [2.24, 2.45) is 0 Å². The summed E-state index contributed by atoms with van der Waals surface area (Å²) in [6.07, 6.45) is 3.67. The quantitative estimate of drug-likeness (QED) is 0.840. The van der Waals surface area contributed by atoms with Gasteiger partial charge in [-0.25, -0.2) is 8.42 Å². The van der Waals surface area contributed by atoms with E-state index in [0.717, 1.165) is 37.0 Å². The normalized spacial score (nSPS) is 15.0. The number of nitrogens with one attached hydrogen (secondary N) is 1. The third kappa shape index (κ3) is 4.25. The van der Waals surface area contributed by atoms with Gasteiger partial charge in [-0.15, -0.1) is 0 Å². The predicted molar refractivity (Wildman–Crippen MR) is 101 cm³/mol. The summed E-state index contributed by atoms with van der Waals surface area (Å²) in [5.74, 6) is 0.592. The second-order valence-electron chi connectivity index (χ2n) is 6.55. The zero-order chi connectivity index (χ0) is 18.6. The number of sulfone groups is 1. The molecule has 1 amide bonds. The molecule has 138 valence electrons. The van der Waals surface area contributed by atoms with Crippen LogP contribution in [0.2, 0.25) is 0 Å². The molecule has 0 unspecified atom stereocenters. The Bertz CT molecular complexity index is 852. The molecular formula is C20H23NO4S. The van der Waals surface area contributed by atoms with Crippen LogP contribution in [0.5, 0.6) is 5.75 Å². The molecule has 0 saturated heterocycles. The van der Waals surface area contributed by atoms with Crippen molar-refractivity contribution in [2.45, 2.75) is 42.2 Å². The Hall–Kier alpha value is -2.34. The highest BCUT2D eigenvalue weighted by atomic mass is 32.2. The fourth-order valence-electron chi connectivity index (χ4n) is 3.25. The van der Waals surface area contributed by atoms with Crippen LogP contribution in [-0.4, -0.2) is 26.7 Å². The van der Waals surface area contributed by atoms with Crippen molar-refractivity contribution in [2.75, 3.05) is 12.4 Å². The molecule has 0 aromatic heterocycles. The predicted octanol–water partition coefficient (Wildman–Crippen LogP) is 3.59. The third-order valence-corrected chi connectivity index (χ3v) is 7.01. The summed E-state index contributed by atoms with van der Waals surface area (Å²) in [5, 5.41) is 2.54. The molecule has 1 saturated carbocycles. The lowest BCUT2D eigenvalue weighted by Crippen LogP contribution is -2.18. The number of benzene rings is 2. The maximum Gasteiger partial charge on any atom is 0.228 e. The van der Waals surface area contributed by atoms with Gasteiger partial charge in [0.05, 0.1) is 23.7 Å². The van der Waals surface area contributed by atoms with Gasteiger partial charge in [-0.1, -0.05) is 25.0 Å². The van der Waals surface area contributed by atoms with Gasteiger partial charge in [-0.2, -0.15) is 0 Å². The summed E-state index contributed by atoms with van der Waals surface area (Å²) in [6.45, 7) is 0. The van der Waals surface area contributed by atoms with Crippen molar-refractivity contribution >= 4 is 21.4 Å². The van der Waals surface area contributed by atoms with E-state index in [0.29, 0.717) is 10.6 Å². The van der Waals surface area contributed by atoms with Crippen LogP contribution < -0.4 is 10.1 Å². The van der Waals surface area contributed by atoms with E-state index in [4.69, 9.17) is 4.74 Å². The summed E-state index contributed by atoms with van der Waals surface area (Å²) in [4.78, 5) is 12.5. The second-order valence-corrected chi connectivity index (χ2v) is 8.78. The van der Waals surface area contributed by atoms with Gasteiger partial charge >= 0.3 is 0 Å². The molecule has 1 N–H and O–H groups in total. The van der Waals surface area contributed by atoms with Crippen LogP contribution >= 0.6 is 0 Å². The third-order valence-electron chi connectivity index (χ3n) is 4.73. The maximum absolute atomic E-state index is 12.6. The first-order valence-electron chi connectivity index (χ1n) is 8.76. The average Bonchev–Trinajstić information content (AvgIpc) is 3.18. The maximum atomic E-state index is 12.6. The highest BCUT2D eigenvalue weighted by Crippen LogP contribution is 2.30. The van der Waals surface area contributed by atoms with Crippen molar-refractivity contribution in [1.82, 2.24) is 0 Å². The van der Waals surface area contributed by atoms with Crippen LogP contribution in [0.1, 0.15) is 31.2 Å². The molecule has 1 fully saturated rings. The van der Waals surface area contributed by atoms with Gasteiger partial charge in [0, 0.05) is 5.69 Å². The lowest BCUT2D eigenvalue weighted by Gasteiger charge is -2.12. The van der Waals surface area contributed by atoms with Gasteiger partial charge in [0.25, 0.3) is 0 Å². The Morgan fingerprint density at radius 2 is 1.65 bits per heavy atom. The molecule has 0 aliphatic heterocycles. The molecule has 1 aliphatic rings. The molecule has 2 aromatic rings. The van der Waals surface area contributed by atoms with Crippen molar-refractivity contribution in [3.05, 3.63) is 54.1 Å². The number of hydrogen-bond acceptors (Lipinski definition) is 4. The fourth-order valence-corrected chi connectivity index (χ4v) is 5.11. The molecule has 6 heteroatoms. The van der Waals surface area contributed by atoms with E-state index in [2.05, 4.69) is 5.32 Å². The van der Waals surface area contributed by atoms with Crippen molar-refractivity contribution in [1.29, 1.82) is 0 Å². The van der Waals surface area contributed by atoms with Crippen LogP contribution in [0.15, 0.2) is 53.4 Å². The smallest absolute Gasteiger partial charge is 0.228 e. The van der Waals surface area contributed by atoms with E-state index in [1.165, 1.54) is 0 Å². The first-order valence-corrected chi connectivity index (χ1v) is 10.3. The topological polar surface area (TPSA) is 72.5 Å². The molecule has 0 heterocycles. The summed E-state index contributed by atoms with van der Waals surface area (Å²) in [5.41, 5.74) is 1.47. The minimum atomic E-state index is -3.26. The number of methoxy groups -OCH3 is 1. The van der Waals surface area contributed by atoms with Crippen LogP contribution in [0, 0.1) is 0 Å². The molecular weight excluding hydrogens is 350 g/mol. The Labute approximate surface area is 154 Å². The number of anilines is 1. The number of carbonyl (C=O) groups excluding carboxylic acids is 1. The van der Waals surface area contributed by atoms with Crippen molar-refractivity contribution in [3.63, 3.8) is 0 Å². The lowest BCUT2D eigenvalue weighted by atomic mass is 10.1. The van der Waals surface area contributed by atoms with Gasteiger partial charge in [0.1, 0.15) is 5.75 Å². The summed E-state index contributed by atoms with van der Waals surface area (Å²) < 4.78 is 30.2. The van der Waals surface area contributed by atoms with Crippen LogP contribution in [-0.2, 0) is 21.1 Å². The first-order chi connectivity index (χ1) is 12.5. The van der Waals surface area contributed by atoms with E-state index < -0.39 is 9.84 Å². The number of ether oxygens (including phenoxy) is 1. The van der Waals surface area contributed by atoms with Crippen molar-refractivity contribution in [3.8, 4) is 5.75 Å². The Balaban J connectivity index is 1.62. The Kier molecular flexibility index (Phi) is 5.61. The molecule has 3 rings (SSSR count). The Morgan fingerprint density at radius 1 is 1.04 bits per heavy atom. The minimum absolute atomic E-state index is 0.151. The van der Waals surface area contributed by atoms with E-state index in [1.807, 2.05) is 24.3 Å². The molecule has 0 radical (unpaired) electrons. The monoisotopic (exact) mass is 373 g/mol. The number of amides is 1. The summed E-state index contributed by atoms with van der Waals surface area (Å²) >= 11 is 0. The van der Waals surface area contributed by atoms with Gasteiger partial charge < -0.3 is 10.1 Å². The van der Waals surface area contributed by atoms with Crippen LogP contribution in [0.25, 0.3) is 0 Å². The van der Waals surface area contributed by atoms with Gasteiger partial charge in [-0.05, 0) is 54.8 Å². The van der Waals surface area contributed by atoms with Crippen LogP contribution in [0.4, 0.5) is 5.69 Å². The molecule has 1 aliphatic carbocycles. The largest absolute Gasteiger partial charge is 0.497 e. The standard InChI is InChI=1S/C20H23NO4S/c1-25-17-10-6-15(7-11-17)14-20(22)21-16-8-12-19(13-9-16)26(23,24)18-4-2-3-5-18/h6-13,18H,2-5,14H2,1H3,(H,21,22). The molecule has 0 atom stereocenters. The van der Waals surface area contributed by atoms with E-state index >= 15 is 0 Å². The van der Waals surface area contributed by atoms with Gasteiger partial charge in [0.15, 0.2) is 9.84 Å². The fraction of sp³-hybridized carbons (Fsp3) is 0.350. The van der Waals surface area contributed by atoms with Gasteiger partial charge in [-0.3, -0.25) is 4.79 Å². The minimum Gasteiger partial charge on any atom is -0.497 e. The van der Waals surface area contributed by atoms with E-state index in [1.54, 1.807) is 31.4 Å². The van der Waals surface area contributed by atoms with Gasteiger partial charge in [0.2, 0.25) is 5.91 Å². The average molecular weight is 373 g/mol. The zero-order valence-corrected chi connectivity index (χ0v) is 15.6. The van der Waals surface area contributed by atoms with Crippen molar-refractivity contribution < 1.29 is 17.9 Å². The summed E-state index contributed by atoms with van der Waals surface area (Å²) in [6, 6.07) is 13.8. The zero-order valence-electron chi connectivity index (χ0n) is 14.8. The lowest BCUT2D eigenvalue weighted by molar-refractivity contribution is -0.115. The number of hydrogen-bond donors (Lipinski definition) is 1. The number of rotatable bonds is 6. The van der Waals surface area contributed by atoms with Crippen LogP contribution in [0.3, 0.4) is 0 Å². The molecule has 5 nitrogen and oxygen atoms in total. The highest BCUT2D eigenvalue weighted by Gasteiger charge is 2.30. The molecule has 0 spiro atoms. The molecule has 26 heavy (non-hydrogen) atoms. The molecule has 0 bridgehead atoms. The first kappa shape index (κ1) is 18.5. The Morgan fingerprint density at radius 3 is 2.23 bits per heavy atom. The van der Waals surface area contributed by atoms with E-state index in [9.17, 15) is 13.2 Å². The van der Waals surface area contributed by atoms with E-state index in [-0.39, 0.29) is 17.6 Å².